The molecule has 0 radical (unpaired) electrons. The van der Waals surface area contributed by atoms with Crippen LogP contribution in [0.15, 0.2) is 47.5 Å². The number of amides is 1. The van der Waals surface area contributed by atoms with E-state index < -0.39 is 17.9 Å². The van der Waals surface area contributed by atoms with Crippen molar-refractivity contribution in [2.75, 3.05) is 5.32 Å². The van der Waals surface area contributed by atoms with Gasteiger partial charge in [0, 0.05) is 16.1 Å². The predicted octanol–water partition coefficient (Wildman–Crippen LogP) is 2.55. The zero-order valence-corrected chi connectivity index (χ0v) is 11.6. The van der Waals surface area contributed by atoms with Gasteiger partial charge in [0.1, 0.15) is 5.82 Å². The normalized spacial score (nSPS) is 17.6. The summed E-state index contributed by atoms with van der Waals surface area (Å²) in [6, 6.07) is 11.4. The van der Waals surface area contributed by atoms with Gasteiger partial charge in [0.2, 0.25) is 0 Å². The summed E-state index contributed by atoms with van der Waals surface area (Å²) in [6.07, 6.45) is -1.11. The molecule has 1 aliphatic heterocycles. The average Bonchev–Trinajstić information content (AvgIpc) is 2.58. The van der Waals surface area contributed by atoms with E-state index in [4.69, 9.17) is 17.3 Å². The van der Waals surface area contributed by atoms with Gasteiger partial charge >= 0.3 is 0 Å². The fourth-order valence-electron chi connectivity index (χ4n) is 2.18. The van der Waals surface area contributed by atoms with Crippen LogP contribution in [0.2, 0.25) is 5.02 Å². The van der Waals surface area contributed by atoms with Crippen LogP contribution in [0.5, 0.6) is 0 Å². The standard InChI is InChI=1S/C15H11ClFN3O/c16-9-4-1-3-8(7-9)12-10-5-2-6-11(17)13(10)20-15(21)14(18)19-12/h1-7,14H,18H2,(H,20,21). The molecule has 3 rings (SSSR count). The summed E-state index contributed by atoms with van der Waals surface area (Å²) < 4.78 is 14.0. The molecule has 0 fully saturated rings. The molecule has 1 amide bonds. The van der Waals surface area contributed by atoms with Crippen molar-refractivity contribution in [1.29, 1.82) is 0 Å². The van der Waals surface area contributed by atoms with E-state index in [1.807, 2.05) is 0 Å². The molecular formula is C15H11ClFN3O. The number of anilines is 1. The number of benzodiazepines with no additional fused rings is 1. The quantitative estimate of drug-likeness (QED) is 0.850. The maximum Gasteiger partial charge on any atom is 0.263 e. The Hall–Kier alpha value is -2.24. The molecule has 0 aliphatic carbocycles. The molecule has 0 saturated carbocycles. The van der Waals surface area contributed by atoms with Gasteiger partial charge in [-0.05, 0) is 18.2 Å². The van der Waals surface area contributed by atoms with Gasteiger partial charge in [-0.15, -0.1) is 0 Å². The number of carbonyl (C=O) groups is 1. The molecule has 3 N–H and O–H groups in total. The SMILES string of the molecule is NC1N=C(c2cccc(Cl)c2)c2cccc(F)c2NC1=O. The highest BCUT2D eigenvalue weighted by Gasteiger charge is 2.25. The Morgan fingerprint density at radius 3 is 2.76 bits per heavy atom. The highest BCUT2D eigenvalue weighted by Crippen LogP contribution is 2.27. The predicted molar refractivity (Wildman–Crippen MR) is 80.1 cm³/mol. The van der Waals surface area contributed by atoms with Gasteiger partial charge in [0.15, 0.2) is 6.17 Å². The van der Waals surface area contributed by atoms with Gasteiger partial charge in [-0.25, -0.2) is 4.39 Å². The van der Waals surface area contributed by atoms with E-state index in [-0.39, 0.29) is 5.69 Å². The van der Waals surface area contributed by atoms with Crippen LogP contribution >= 0.6 is 11.6 Å². The molecular weight excluding hydrogens is 293 g/mol. The van der Waals surface area contributed by atoms with Crippen molar-refractivity contribution in [3.8, 4) is 0 Å². The van der Waals surface area contributed by atoms with E-state index in [0.29, 0.717) is 21.9 Å². The molecule has 1 aliphatic rings. The molecule has 2 aromatic carbocycles. The van der Waals surface area contributed by atoms with E-state index in [2.05, 4.69) is 10.3 Å². The molecule has 1 unspecified atom stereocenters. The van der Waals surface area contributed by atoms with Crippen molar-refractivity contribution in [2.45, 2.75) is 6.17 Å². The number of para-hydroxylation sites is 1. The number of nitrogens with zero attached hydrogens (tertiary/aromatic N) is 1. The Kier molecular flexibility index (Phi) is 3.45. The second-order valence-corrected chi connectivity index (χ2v) is 5.02. The van der Waals surface area contributed by atoms with Crippen molar-refractivity contribution in [2.24, 2.45) is 10.7 Å². The topological polar surface area (TPSA) is 67.5 Å². The van der Waals surface area contributed by atoms with Gasteiger partial charge < -0.3 is 11.1 Å². The van der Waals surface area contributed by atoms with Gasteiger partial charge in [0.05, 0.1) is 11.4 Å². The van der Waals surface area contributed by atoms with Crippen molar-refractivity contribution >= 4 is 28.9 Å². The minimum Gasteiger partial charge on any atom is -0.320 e. The first-order valence-electron chi connectivity index (χ1n) is 6.25. The van der Waals surface area contributed by atoms with Crippen molar-refractivity contribution in [3.05, 3.63) is 64.4 Å². The number of hydrogen-bond donors (Lipinski definition) is 2. The van der Waals surface area contributed by atoms with Crippen LogP contribution in [-0.2, 0) is 4.79 Å². The first-order valence-corrected chi connectivity index (χ1v) is 6.63. The van der Waals surface area contributed by atoms with Crippen LogP contribution in [0.25, 0.3) is 0 Å². The third kappa shape index (κ3) is 2.53. The number of fused-ring (bicyclic) bond motifs is 1. The molecule has 1 atom stereocenters. The lowest BCUT2D eigenvalue weighted by Crippen LogP contribution is -2.33. The summed E-state index contributed by atoms with van der Waals surface area (Å²) in [6.45, 7) is 0. The van der Waals surface area contributed by atoms with Crippen LogP contribution in [0.4, 0.5) is 10.1 Å². The van der Waals surface area contributed by atoms with Crippen LogP contribution in [0.3, 0.4) is 0 Å². The molecule has 0 spiro atoms. The zero-order chi connectivity index (χ0) is 15.0. The van der Waals surface area contributed by atoms with Crippen molar-refractivity contribution in [3.63, 3.8) is 0 Å². The molecule has 0 saturated heterocycles. The maximum absolute atomic E-state index is 14.0. The van der Waals surface area contributed by atoms with E-state index in [1.165, 1.54) is 6.07 Å². The number of nitrogens with two attached hydrogens (primary N) is 1. The summed E-state index contributed by atoms with van der Waals surface area (Å²) in [5.74, 6) is -1.09. The first kappa shape index (κ1) is 13.7. The lowest BCUT2D eigenvalue weighted by molar-refractivity contribution is -0.117. The molecule has 2 aromatic rings. The summed E-state index contributed by atoms with van der Waals surface area (Å²) in [5, 5.41) is 2.99. The minimum absolute atomic E-state index is 0.0779. The number of carbonyl (C=O) groups excluding carboxylic acids is 1. The highest BCUT2D eigenvalue weighted by atomic mass is 35.5. The first-order chi connectivity index (χ1) is 10.1. The van der Waals surface area contributed by atoms with E-state index in [9.17, 15) is 9.18 Å². The van der Waals surface area contributed by atoms with Crippen molar-refractivity contribution in [1.82, 2.24) is 0 Å². The number of halogens is 2. The van der Waals surface area contributed by atoms with E-state index >= 15 is 0 Å². The lowest BCUT2D eigenvalue weighted by atomic mass is 10.0. The van der Waals surface area contributed by atoms with Gasteiger partial charge in [0.25, 0.3) is 5.91 Å². The van der Waals surface area contributed by atoms with Gasteiger partial charge in [-0.3, -0.25) is 9.79 Å². The summed E-state index contributed by atoms with van der Waals surface area (Å²) in [7, 11) is 0. The van der Waals surface area contributed by atoms with E-state index in [0.717, 1.165) is 0 Å². The Morgan fingerprint density at radius 1 is 1.24 bits per heavy atom. The fraction of sp³-hybridized carbons (Fsp3) is 0.0667. The third-order valence-corrected chi connectivity index (χ3v) is 3.39. The van der Waals surface area contributed by atoms with Crippen LogP contribution in [-0.4, -0.2) is 17.8 Å². The number of benzene rings is 2. The van der Waals surface area contributed by atoms with Crippen LogP contribution < -0.4 is 11.1 Å². The van der Waals surface area contributed by atoms with E-state index in [1.54, 1.807) is 36.4 Å². The Morgan fingerprint density at radius 2 is 2.00 bits per heavy atom. The highest BCUT2D eigenvalue weighted by molar-refractivity contribution is 6.31. The second kappa shape index (κ2) is 5.27. The summed E-state index contributed by atoms with van der Waals surface area (Å²) >= 11 is 5.99. The lowest BCUT2D eigenvalue weighted by Gasteiger charge is -2.10. The number of rotatable bonds is 1. The maximum atomic E-state index is 14.0. The third-order valence-electron chi connectivity index (χ3n) is 3.15. The summed E-state index contributed by atoms with van der Waals surface area (Å²) in [5.41, 5.74) is 7.36. The van der Waals surface area contributed by atoms with Crippen LogP contribution in [0, 0.1) is 5.82 Å². The molecule has 6 heteroatoms. The summed E-state index contributed by atoms with van der Waals surface area (Å²) in [4.78, 5) is 16.0. The smallest absolute Gasteiger partial charge is 0.263 e. The van der Waals surface area contributed by atoms with Gasteiger partial charge in [-0.2, -0.15) is 0 Å². The zero-order valence-electron chi connectivity index (χ0n) is 10.8. The largest absolute Gasteiger partial charge is 0.320 e. The fourth-order valence-corrected chi connectivity index (χ4v) is 2.37. The number of aliphatic imine (C=N–C) groups is 1. The Balaban J connectivity index is 2.25. The molecule has 1 heterocycles. The average molecular weight is 304 g/mol. The number of hydrogen-bond acceptors (Lipinski definition) is 3. The molecule has 0 bridgehead atoms. The monoisotopic (exact) mass is 303 g/mol. The Labute approximate surface area is 125 Å². The van der Waals surface area contributed by atoms with Crippen LogP contribution in [0.1, 0.15) is 11.1 Å². The molecule has 106 valence electrons. The Bertz CT molecular complexity index is 760. The molecule has 21 heavy (non-hydrogen) atoms. The minimum atomic E-state index is -1.11. The van der Waals surface area contributed by atoms with Gasteiger partial charge in [-0.1, -0.05) is 35.9 Å². The second-order valence-electron chi connectivity index (χ2n) is 4.58. The molecule has 0 aromatic heterocycles. The molecule has 4 nitrogen and oxygen atoms in total. The number of nitrogens with one attached hydrogen (secondary N) is 1. The van der Waals surface area contributed by atoms with Crippen molar-refractivity contribution < 1.29 is 9.18 Å².